The van der Waals surface area contributed by atoms with E-state index in [1.807, 2.05) is 0 Å². The zero-order valence-corrected chi connectivity index (χ0v) is 10.2. The normalized spacial score (nSPS) is 27.3. The molecule has 0 aromatic rings. The lowest BCUT2D eigenvalue weighted by Gasteiger charge is -2.38. The number of rotatable bonds is 2. The maximum atomic E-state index is 10.7. The van der Waals surface area contributed by atoms with Crippen molar-refractivity contribution in [3.8, 4) is 0 Å². The third kappa shape index (κ3) is 4.46. The van der Waals surface area contributed by atoms with E-state index >= 15 is 0 Å². The van der Waals surface area contributed by atoms with E-state index in [4.69, 9.17) is 5.73 Å². The number of carbonyl (C=O) groups excluding carboxylic acids is 1. The second-order valence-electron chi connectivity index (χ2n) is 3.49. The predicted octanol–water partition coefficient (Wildman–Crippen LogP) is -0.00250. The summed E-state index contributed by atoms with van der Waals surface area (Å²) < 4.78 is 0. The molecular formula is C8H19Cl2N3O. The lowest BCUT2D eigenvalue weighted by atomic mass is 10.1. The van der Waals surface area contributed by atoms with E-state index in [2.05, 4.69) is 24.1 Å². The fourth-order valence-electron chi connectivity index (χ4n) is 1.66. The fourth-order valence-corrected chi connectivity index (χ4v) is 1.66. The summed E-state index contributed by atoms with van der Waals surface area (Å²) in [6.07, 6.45) is 0. The van der Waals surface area contributed by atoms with E-state index in [0.29, 0.717) is 18.6 Å². The zero-order valence-electron chi connectivity index (χ0n) is 8.53. The lowest BCUT2D eigenvalue weighted by Crippen LogP contribution is -2.56. The average molecular weight is 244 g/mol. The summed E-state index contributed by atoms with van der Waals surface area (Å²) in [7, 11) is 0. The molecule has 3 N–H and O–H groups in total. The van der Waals surface area contributed by atoms with Crippen LogP contribution in [0.2, 0.25) is 0 Å². The van der Waals surface area contributed by atoms with Crippen molar-refractivity contribution in [1.29, 1.82) is 0 Å². The molecule has 1 rings (SSSR count). The largest absolute Gasteiger partial charge is 0.369 e. The highest BCUT2D eigenvalue weighted by Crippen LogP contribution is 2.07. The van der Waals surface area contributed by atoms with Gasteiger partial charge in [0.15, 0.2) is 0 Å². The maximum Gasteiger partial charge on any atom is 0.231 e. The molecule has 0 aliphatic carbocycles. The first kappa shape index (κ1) is 16.4. The molecule has 0 bridgehead atoms. The van der Waals surface area contributed by atoms with E-state index in [9.17, 15) is 4.79 Å². The van der Waals surface area contributed by atoms with Crippen molar-refractivity contribution >= 4 is 30.7 Å². The van der Waals surface area contributed by atoms with Gasteiger partial charge in [-0.2, -0.15) is 0 Å². The number of hydrogen-bond donors (Lipinski definition) is 2. The van der Waals surface area contributed by atoms with Gasteiger partial charge in [0.1, 0.15) is 0 Å². The predicted molar refractivity (Wildman–Crippen MR) is 62.2 cm³/mol. The quantitative estimate of drug-likeness (QED) is 0.718. The molecule has 1 amide bonds. The van der Waals surface area contributed by atoms with Gasteiger partial charge in [-0.25, -0.2) is 0 Å². The van der Waals surface area contributed by atoms with Crippen molar-refractivity contribution in [2.75, 3.05) is 19.6 Å². The Morgan fingerprint density at radius 2 is 1.79 bits per heavy atom. The highest BCUT2D eigenvalue weighted by atomic mass is 35.5. The number of amides is 1. The number of halogens is 2. The van der Waals surface area contributed by atoms with Gasteiger partial charge in [-0.3, -0.25) is 9.69 Å². The number of carbonyl (C=O) groups is 1. The fraction of sp³-hybridized carbons (Fsp3) is 0.875. The molecule has 0 aromatic carbocycles. The summed E-state index contributed by atoms with van der Waals surface area (Å²) in [6.45, 7) is 6.47. The Labute approximate surface area is 97.4 Å². The van der Waals surface area contributed by atoms with Crippen LogP contribution in [0, 0.1) is 0 Å². The Balaban J connectivity index is 0. The van der Waals surface area contributed by atoms with Gasteiger partial charge in [0, 0.05) is 25.2 Å². The number of nitrogens with zero attached hydrogens (tertiary/aromatic N) is 1. The van der Waals surface area contributed by atoms with Crippen molar-refractivity contribution in [2.24, 2.45) is 5.73 Å². The summed E-state index contributed by atoms with van der Waals surface area (Å²) >= 11 is 0. The number of nitrogens with one attached hydrogen (secondary N) is 1. The standard InChI is InChI=1S/C8H17N3O.2ClH/c1-6-3-10-4-7(2)11(6)5-8(9)12;;/h6-7,10H,3-5H2,1-2H3,(H2,9,12);2*1H. The summed E-state index contributed by atoms with van der Waals surface area (Å²) in [4.78, 5) is 12.9. The molecule has 0 saturated carbocycles. The maximum absolute atomic E-state index is 10.7. The van der Waals surface area contributed by atoms with Gasteiger partial charge in [0.25, 0.3) is 0 Å². The highest BCUT2D eigenvalue weighted by Gasteiger charge is 2.24. The highest BCUT2D eigenvalue weighted by molar-refractivity contribution is 5.85. The molecule has 6 heteroatoms. The summed E-state index contributed by atoms with van der Waals surface area (Å²) in [5.41, 5.74) is 5.15. The van der Waals surface area contributed by atoms with Crippen LogP contribution in [0.25, 0.3) is 0 Å². The van der Waals surface area contributed by atoms with Gasteiger partial charge in [-0.15, -0.1) is 24.8 Å². The van der Waals surface area contributed by atoms with Crippen LogP contribution in [0.1, 0.15) is 13.8 Å². The van der Waals surface area contributed by atoms with Gasteiger partial charge in [-0.05, 0) is 13.8 Å². The minimum atomic E-state index is -0.240. The van der Waals surface area contributed by atoms with Crippen molar-refractivity contribution < 1.29 is 4.79 Å². The van der Waals surface area contributed by atoms with E-state index < -0.39 is 0 Å². The Morgan fingerprint density at radius 1 is 1.36 bits per heavy atom. The van der Waals surface area contributed by atoms with Gasteiger partial charge < -0.3 is 11.1 Å². The van der Waals surface area contributed by atoms with Gasteiger partial charge in [0.05, 0.1) is 6.54 Å². The van der Waals surface area contributed by atoms with Gasteiger partial charge in [-0.1, -0.05) is 0 Å². The number of primary amides is 1. The minimum Gasteiger partial charge on any atom is -0.369 e. The summed E-state index contributed by atoms with van der Waals surface area (Å²) in [6, 6.07) is 0.808. The van der Waals surface area contributed by atoms with Crippen LogP contribution in [0.4, 0.5) is 0 Å². The molecule has 4 nitrogen and oxygen atoms in total. The minimum absolute atomic E-state index is 0. The summed E-state index contributed by atoms with van der Waals surface area (Å²) in [5.74, 6) is -0.240. The van der Waals surface area contributed by atoms with Crippen LogP contribution in [0.15, 0.2) is 0 Å². The Bertz CT molecular complexity index is 170. The lowest BCUT2D eigenvalue weighted by molar-refractivity contribution is -0.120. The van der Waals surface area contributed by atoms with Crippen molar-refractivity contribution in [2.45, 2.75) is 25.9 Å². The summed E-state index contributed by atoms with van der Waals surface area (Å²) in [5, 5.41) is 3.29. The van der Waals surface area contributed by atoms with E-state index in [1.165, 1.54) is 0 Å². The molecule has 86 valence electrons. The van der Waals surface area contributed by atoms with Crippen LogP contribution in [-0.4, -0.2) is 42.5 Å². The monoisotopic (exact) mass is 243 g/mol. The van der Waals surface area contributed by atoms with Gasteiger partial charge in [0.2, 0.25) is 5.91 Å². The van der Waals surface area contributed by atoms with E-state index in [0.717, 1.165) is 13.1 Å². The molecule has 1 fully saturated rings. The Morgan fingerprint density at radius 3 is 2.14 bits per heavy atom. The number of nitrogens with two attached hydrogens (primary N) is 1. The van der Waals surface area contributed by atoms with Gasteiger partial charge >= 0.3 is 0 Å². The zero-order chi connectivity index (χ0) is 9.14. The second kappa shape index (κ2) is 7.29. The Kier molecular flexibility index (Phi) is 8.54. The van der Waals surface area contributed by atoms with Crippen LogP contribution in [-0.2, 0) is 4.79 Å². The molecule has 0 radical (unpaired) electrons. The topological polar surface area (TPSA) is 58.4 Å². The molecule has 14 heavy (non-hydrogen) atoms. The molecular weight excluding hydrogens is 225 g/mol. The molecule has 1 aliphatic heterocycles. The van der Waals surface area contributed by atoms with E-state index in [-0.39, 0.29) is 30.7 Å². The van der Waals surface area contributed by atoms with Crippen molar-refractivity contribution in [1.82, 2.24) is 10.2 Å². The molecule has 0 aromatic heterocycles. The van der Waals surface area contributed by atoms with Crippen molar-refractivity contribution in [3.63, 3.8) is 0 Å². The Hall–Kier alpha value is -0.0300. The third-order valence-corrected chi connectivity index (χ3v) is 2.35. The SMILES string of the molecule is CC1CNCC(C)N1CC(N)=O.Cl.Cl. The van der Waals surface area contributed by atoms with Crippen LogP contribution >= 0.6 is 24.8 Å². The third-order valence-electron chi connectivity index (χ3n) is 2.35. The van der Waals surface area contributed by atoms with Crippen LogP contribution in [0.5, 0.6) is 0 Å². The first-order valence-electron chi connectivity index (χ1n) is 4.36. The molecule has 1 aliphatic rings. The molecule has 1 heterocycles. The van der Waals surface area contributed by atoms with Crippen molar-refractivity contribution in [3.05, 3.63) is 0 Å². The average Bonchev–Trinajstić information content (AvgIpc) is 1.97. The molecule has 1 saturated heterocycles. The van der Waals surface area contributed by atoms with Crippen LogP contribution < -0.4 is 11.1 Å². The molecule has 2 unspecified atom stereocenters. The van der Waals surface area contributed by atoms with E-state index in [1.54, 1.807) is 0 Å². The smallest absolute Gasteiger partial charge is 0.231 e. The first-order valence-corrected chi connectivity index (χ1v) is 4.36. The first-order chi connectivity index (χ1) is 5.61. The number of hydrogen-bond acceptors (Lipinski definition) is 3. The second-order valence-corrected chi connectivity index (χ2v) is 3.49. The van der Waals surface area contributed by atoms with Crippen LogP contribution in [0.3, 0.4) is 0 Å². The molecule has 2 atom stereocenters. The number of piperazine rings is 1. The molecule has 0 spiro atoms.